The standard InChI is InChI=1S/C11H13N3O/c12-5-4-9-7-11(14-13-9)8-2-1-3-10(15)6-8/h1-3,6-7,15H,4-5,12H2,(H,13,14). The molecular formula is C11H13N3O. The van der Waals surface area contributed by atoms with E-state index in [1.54, 1.807) is 18.2 Å². The summed E-state index contributed by atoms with van der Waals surface area (Å²) in [5.41, 5.74) is 8.18. The predicted octanol–water partition coefficient (Wildman–Crippen LogP) is 1.28. The number of hydrogen-bond acceptors (Lipinski definition) is 3. The first kappa shape index (κ1) is 9.73. The zero-order valence-corrected chi connectivity index (χ0v) is 8.27. The van der Waals surface area contributed by atoms with Crippen LogP contribution in [-0.2, 0) is 6.42 Å². The third-order valence-corrected chi connectivity index (χ3v) is 2.19. The average Bonchev–Trinajstić information content (AvgIpc) is 2.67. The SMILES string of the molecule is NCCc1cc(-c2cccc(O)c2)n[nH]1. The van der Waals surface area contributed by atoms with Crippen LogP contribution in [-0.4, -0.2) is 21.8 Å². The molecule has 1 aromatic heterocycles. The minimum atomic E-state index is 0.246. The summed E-state index contributed by atoms with van der Waals surface area (Å²) in [5.74, 6) is 0.246. The Hall–Kier alpha value is -1.81. The summed E-state index contributed by atoms with van der Waals surface area (Å²) in [5, 5.41) is 16.4. The lowest BCUT2D eigenvalue weighted by Gasteiger charge is -1.96. The van der Waals surface area contributed by atoms with Gasteiger partial charge in [-0.25, -0.2) is 0 Å². The first-order valence-electron chi connectivity index (χ1n) is 4.83. The summed E-state index contributed by atoms with van der Waals surface area (Å²) >= 11 is 0. The quantitative estimate of drug-likeness (QED) is 0.703. The molecule has 0 saturated heterocycles. The van der Waals surface area contributed by atoms with Crippen LogP contribution >= 0.6 is 0 Å². The predicted molar refractivity (Wildman–Crippen MR) is 58.4 cm³/mol. The van der Waals surface area contributed by atoms with Gasteiger partial charge in [0.15, 0.2) is 0 Å². The molecule has 0 atom stereocenters. The molecule has 0 amide bonds. The zero-order chi connectivity index (χ0) is 10.7. The third kappa shape index (κ3) is 2.16. The molecule has 1 aromatic carbocycles. The van der Waals surface area contributed by atoms with E-state index in [1.807, 2.05) is 12.1 Å². The van der Waals surface area contributed by atoms with Crippen molar-refractivity contribution in [3.8, 4) is 17.0 Å². The second-order valence-corrected chi connectivity index (χ2v) is 3.37. The topological polar surface area (TPSA) is 74.9 Å². The van der Waals surface area contributed by atoms with E-state index in [0.29, 0.717) is 6.54 Å². The summed E-state index contributed by atoms with van der Waals surface area (Å²) in [4.78, 5) is 0. The van der Waals surface area contributed by atoms with Gasteiger partial charge < -0.3 is 10.8 Å². The monoisotopic (exact) mass is 203 g/mol. The van der Waals surface area contributed by atoms with Crippen molar-refractivity contribution >= 4 is 0 Å². The van der Waals surface area contributed by atoms with Crippen molar-refractivity contribution in [2.24, 2.45) is 5.73 Å². The van der Waals surface area contributed by atoms with Gasteiger partial charge in [-0.05, 0) is 24.7 Å². The summed E-state index contributed by atoms with van der Waals surface area (Å²) in [6.07, 6.45) is 0.784. The molecule has 2 rings (SSSR count). The van der Waals surface area contributed by atoms with Crippen molar-refractivity contribution in [3.05, 3.63) is 36.0 Å². The second kappa shape index (κ2) is 4.14. The highest BCUT2D eigenvalue weighted by molar-refractivity contribution is 5.61. The number of hydrogen-bond donors (Lipinski definition) is 3. The second-order valence-electron chi connectivity index (χ2n) is 3.37. The van der Waals surface area contributed by atoms with E-state index in [1.165, 1.54) is 0 Å². The van der Waals surface area contributed by atoms with Crippen molar-refractivity contribution < 1.29 is 5.11 Å². The van der Waals surface area contributed by atoms with Crippen LogP contribution in [0.2, 0.25) is 0 Å². The summed E-state index contributed by atoms with van der Waals surface area (Å²) < 4.78 is 0. The highest BCUT2D eigenvalue weighted by Gasteiger charge is 2.03. The third-order valence-electron chi connectivity index (χ3n) is 2.19. The number of aromatic hydroxyl groups is 1. The Balaban J connectivity index is 2.29. The first-order valence-corrected chi connectivity index (χ1v) is 4.83. The van der Waals surface area contributed by atoms with Gasteiger partial charge in [-0.3, -0.25) is 5.10 Å². The van der Waals surface area contributed by atoms with Gasteiger partial charge in [0.25, 0.3) is 0 Å². The van der Waals surface area contributed by atoms with Gasteiger partial charge in [0, 0.05) is 17.7 Å². The minimum Gasteiger partial charge on any atom is -0.508 e. The highest BCUT2D eigenvalue weighted by Crippen LogP contribution is 2.21. The van der Waals surface area contributed by atoms with Crippen molar-refractivity contribution in [1.82, 2.24) is 10.2 Å². The van der Waals surface area contributed by atoms with E-state index >= 15 is 0 Å². The van der Waals surface area contributed by atoms with Crippen LogP contribution in [0.1, 0.15) is 5.69 Å². The van der Waals surface area contributed by atoms with Crippen LogP contribution in [0.3, 0.4) is 0 Å². The van der Waals surface area contributed by atoms with Gasteiger partial charge in [-0.1, -0.05) is 12.1 Å². The smallest absolute Gasteiger partial charge is 0.116 e. The number of aromatic amines is 1. The Morgan fingerprint density at radius 2 is 2.20 bits per heavy atom. The van der Waals surface area contributed by atoms with Crippen LogP contribution in [0.15, 0.2) is 30.3 Å². The number of nitrogens with one attached hydrogen (secondary N) is 1. The van der Waals surface area contributed by atoms with E-state index in [2.05, 4.69) is 10.2 Å². The molecule has 0 bridgehead atoms. The number of aromatic nitrogens is 2. The number of H-pyrrole nitrogens is 1. The lowest BCUT2D eigenvalue weighted by molar-refractivity contribution is 0.475. The molecule has 15 heavy (non-hydrogen) atoms. The molecule has 0 aliphatic carbocycles. The lowest BCUT2D eigenvalue weighted by Crippen LogP contribution is -2.02. The molecule has 78 valence electrons. The zero-order valence-electron chi connectivity index (χ0n) is 8.27. The number of phenolic OH excluding ortho intramolecular Hbond substituents is 1. The van der Waals surface area contributed by atoms with E-state index in [0.717, 1.165) is 23.4 Å². The molecule has 0 aliphatic rings. The van der Waals surface area contributed by atoms with E-state index in [-0.39, 0.29) is 5.75 Å². The number of phenols is 1. The van der Waals surface area contributed by atoms with Gasteiger partial charge >= 0.3 is 0 Å². The number of benzene rings is 1. The van der Waals surface area contributed by atoms with E-state index < -0.39 is 0 Å². The van der Waals surface area contributed by atoms with Gasteiger partial charge in [-0.2, -0.15) is 5.10 Å². The summed E-state index contributed by atoms with van der Waals surface area (Å²) in [6.45, 7) is 0.599. The molecule has 2 aromatic rings. The number of nitrogens with zero attached hydrogens (tertiary/aromatic N) is 1. The molecule has 1 heterocycles. The largest absolute Gasteiger partial charge is 0.508 e. The Bertz CT molecular complexity index is 451. The van der Waals surface area contributed by atoms with Gasteiger partial charge in [0.1, 0.15) is 5.75 Å². The Morgan fingerprint density at radius 1 is 1.33 bits per heavy atom. The molecule has 0 aliphatic heterocycles. The van der Waals surface area contributed by atoms with Crippen LogP contribution < -0.4 is 5.73 Å². The molecule has 4 N–H and O–H groups in total. The molecule has 0 saturated carbocycles. The first-order chi connectivity index (χ1) is 7.29. The number of rotatable bonds is 3. The van der Waals surface area contributed by atoms with Crippen LogP contribution in [0.25, 0.3) is 11.3 Å². The summed E-state index contributed by atoms with van der Waals surface area (Å²) in [7, 11) is 0. The molecular weight excluding hydrogens is 190 g/mol. The molecule has 0 radical (unpaired) electrons. The Morgan fingerprint density at radius 3 is 2.93 bits per heavy atom. The Kier molecular flexibility index (Phi) is 2.69. The maximum Gasteiger partial charge on any atom is 0.116 e. The minimum absolute atomic E-state index is 0.246. The van der Waals surface area contributed by atoms with Crippen LogP contribution in [0.4, 0.5) is 0 Å². The van der Waals surface area contributed by atoms with Gasteiger partial charge in [0.2, 0.25) is 0 Å². The fourth-order valence-electron chi connectivity index (χ4n) is 1.46. The molecule has 0 unspecified atom stereocenters. The van der Waals surface area contributed by atoms with Gasteiger partial charge in [0.05, 0.1) is 5.69 Å². The molecule has 4 nitrogen and oxygen atoms in total. The van der Waals surface area contributed by atoms with Crippen molar-refractivity contribution in [3.63, 3.8) is 0 Å². The molecule has 0 fully saturated rings. The lowest BCUT2D eigenvalue weighted by atomic mass is 10.1. The molecule has 0 spiro atoms. The highest BCUT2D eigenvalue weighted by atomic mass is 16.3. The fraction of sp³-hybridized carbons (Fsp3) is 0.182. The fourth-order valence-corrected chi connectivity index (χ4v) is 1.46. The van der Waals surface area contributed by atoms with E-state index in [9.17, 15) is 5.11 Å². The van der Waals surface area contributed by atoms with Crippen molar-refractivity contribution in [2.75, 3.05) is 6.54 Å². The van der Waals surface area contributed by atoms with Crippen LogP contribution in [0.5, 0.6) is 5.75 Å². The Labute approximate surface area is 87.7 Å². The average molecular weight is 203 g/mol. The summed E-state index contributed by atoms with van der Waals surface area (Å²) in [6, 6.07) is 8.96. The van der Waals surface area contributed by atoms with Crippen molar-refractivity contribution in [2.45, 2.75) is 6.42 Å². The van der Waals surface area contributed by atoms with Gasteiger partial charge in [-0.15, -0.1) is 0 Å². The normalized spacial score (nSPS) is 10.5. The maximum atomic E-state index is 9.33. The number of nitrogens with two attached hydrogens (primary N) is 1. The van der Waals surface area contributed by atoms with Crippen LogP contribution in [0, 0.1) is 0 Å². The molecule has 4 heteroatoms. The van der Waals surface area contributed by atoms with E-state index in [4.69, 9.17) is 5.73 Å². The van der Waals surface area contributed by atoms with Crippen molar-refractivity contribution in [1.29, 1.82) is 0 Å². The maximum absolute atomic E-state index is 9.33.